The Morgan fingerprint density at radius 1 is 1.23 bits per heavy atom. The third-order valence-electron chi connectivity index (χ3n) is 5.78. The number of unbranched alkanes of at least 4 members (excludes halogenated alkanes) is 1. The number of benzene rings is 1. The second-order valence-electron chi connectivity index (χ2n) is 8.35. The quantitative estimate of drug-likeness (QED) is 0.287. The number of rotatable bonds is 10. The molecule has 11 heteroatoms. The molecule has 0 aliphatic carbocycles. The van der Waals surface area contributed by atoms with Crippen molar-refractivity contribution in [3.05, 3.63) is 48.6 Å². The molecule has 2 aliphatic heterocycles. The van der Waals surface area contributed by atoms with Crippen LogP contribution in [-0.2, 0) is 18.9 Å². The van der Waals surface area contributed by atoms with Crippen LogP contribution >= 0.6 is 0 Å². The van der Waals surface area contributed by atoms with Crippen molar-refractivity contribution in [1.29, 1.82) is 0 Å². The molecule has 6 atom stereocenters. The van der Waals surface area contributed by atoms with Crippen LogP contribution in [0.15, 0.2) is 43.0 Å². The average Bonchev–Trinajstić information content (AvgIpc) is 2.86. The molecule has 11 nitrogen and oxygen atoms in total. The number of hydrogen-bond acceptors (Lipinski definition) is 11. The first-order valence-electron chi connectivity index (χ1n) is 11.7. The first-order valence-corrected chi connectivity index (χ1v) is 11.7. The van der Waals surface area contributed by atoms with E-state index in [0.717, 1.165) is 18.4 Å². The first kappa shape index (κ1) is 25.1. The Morgan fingerprint density at radius 3 is 2.77 bits per heavy atom. The van der Waals surface area contributed by atoms with Crippen molar-refractivity contribution in [2.45, 2.75) is 56.7 Å². The number of nitrogens with two attached hydrogens (primary N) is 2. The van der Waals surface area contributed by atoms with Gasteiger partial charge in [-0.2, -0.15) is 9.97 Å². The maximum absolute atomic E-state index is 11.4. The fourth-order valence-corrected chi connectivity index (χ4v) is 4.02. The van der Waals surface area contributed by atoms with E-state index in [2.05, 4.69) is 28.8 Å². The van der Waals surface area contributed by atoms with Crippen LogP contribution < -0.4 is 21.5 Å². The van der Waals surface area contributed by atoms with Gasteiger partial charge in [0, 0.05) is 5.56 Å². The Morgan fingerprint density at radius 2 is 2.03 bits per heavy atom. The van der Waals surface area contributed by atoms with Crippen LogP contribution in [0.25, 0.3) is 0 Å². The number of nitrogens with zero attached hydrogens (tertiary/aromatic N) is 2. The topological polar surface area (TPSA) is 156 Å². The van der Waals surface area contributed by atoms with Gasteiger partial charge in [-0.25, -0.2) is 0 Å². The van der Waals surface area contributed by atoms with Crippen LogP contribution in [0.2, 0.25) is 0 Å². The molecule has 0 saturated carbocycles. The summed E-state index contributed by atoms with van der Waals surface area (Å²) in [5.41, 5.74) is 13.1. The zero-order valence-corrected chi connectivity index (χ0v) is 19.7. The number of nitrogen functional groups attached to an aromatic ring is 2. The Hall–Kier alpha value is -2.96. The van der Waals surface area contributed by atoms with E-state index in [0.29, 0.717) is 12.3 Å². The van der Waals surface area contributed by atoms with Gasteiger partial charge >= 0.3 is 0 Å². The van der Waals surface area contributed by atoms with Gasteiger partial charge in [-0.15, -0.1) is 6.58 Å². The highest BCUT2D eigenvalue weighted by Crippen LogP contribution is 2.37. The van der Waals surface area contributed by atoms with Crippen molar-refractivity contribution < 1.29 is 28.8 Å². The third kappa shape index (κ3) is 5.82. The lowest BCUT2D eigenvalue weighted by molar-refractivity contribution is -0.339. The summed E-state index contributed by atoms with van der Waals surface area (Å²) in [4.78, 5) is 8.23. The molecule has 4 rings (SSSR count). The lowest BCUT2D eigenvalue weighted by Crippen LogP contribution is -2.64. The lowest BCUT2D eigenvalue weighted by atomic mass is 9.95. The van der Waals surface area contributed by atoms with Gasteiger partial charge in [-0.1, -0.05) is 49.8 Å². The Bertz CT molecular complexity index is 980. The number of anilines is 3. The summed E-state index contributed by atoms with van der Waals surface area (Å²) >= 11 is 0. The minimum atomic E-state index is -1.06. The van der Waals surface area contributed by atoms with E-state index < -0.39 is 36.9 Å². The molecule has 2 fully saturated rings. The molecule has 6 unspecified atom stereocenters. The minimum absolute atomic E-state index is 0.0158. The van der Waals surface area contributed by atoms with Crippen molar-refractivity contribution in [3.8, 4) is 5.88 Å². The molecule has 35 heavy (non-hydrogen) atoms. The van der Waals surface area contributed by atoms with Crippen molar-refractivity contribution in [2.24, 2.45) is 0 Å². The molecule has 0 bridgehead atoms. The highest BCUT2D eigenvalue weighted by atomic mass is 16.7. The van der Waals surface area contributed by atoms with Crippen LogP contribution in [0.3, 0.4) is 0 Å². The normalized spacial score (nSPS) is 28.2. The number of nitrogens with one attached hydrogen (secondary N) is 1. The average molecular weight is 488 g/mol. The summed E-state index contributed by atoms with van der Waals surface area (Å²) in [6, 6.07) is 8.71. The minimum Gasteiger partial charge on any atom is -0.476 e. The zero-order valence-electron chi connectivity index (χ0n) is 19.7. The molecule has 3 heterocycles. The van der Waals surface area contributed by atoms with E-state index in [4.69, 9.17) is 35.2 Å². The number of aliphatic hydroxyl groups is 1. The Kier molecular flexibility index (Phi) is 8.37. The van der Waals surface area contributed by atoms with E-state index in [1.165, 1.54) is 0 Å². The number of hydrogen-bond donors (Lipinski definition) is 4. The molecule has 1 aromatic carbocycles. The highest BCUT2D eigenvalue weighted by Gasteiger charge is 2.50. The predicted molar refractivity (Wildman–Crippen MR) is 129 cm³/mol. The number of ether oxygens (including phenoxy) is 5. The molecule has 2 aromatic rings. The van der Waals surface area contributed by atoms with Gasteiger partial charge in [0.25, 0.3) is 0 Å². The van der Waals surface area contributed by atoms with E-state index in [1.807, 2.05) is 30.3 Å². The second kappa shape index (κ2) is 11.6. The summed E-state index contributed by atoms with van der Waals surface area (Å²) in [5, 5.41) is 14.6. The standard InChI is InChI=1S/C24H33N5O6/c1-3-5-12-31-21-17(20(25)28-24(26)29-21)27-16-18(30)19-15(34-23(16)32-11-4-2)13-33-22(35-19)14-9-7-6-8-10-14/h4,6-10,15-16,18-19,22-23,27,30H,2-3,5,11-13H2,1H3,(H4,25,26,28,29). The molecule has 2 aliphatic rings. The van der Waals surface area contributed by atoms with Gasteiger partial charge in [0.1, 0.15) is 30.0 Å². The van der Waals surface area contributed by atoms with Gasteiger partial charge in [-0.05, 0) is 6.42 Å². The fourth-order valence-electron chi connectivity index (χ4n) is 4.02. The van der Waals surface area contributed by atoms with Gasteiger partial charge in [0.2, 0.25) is 11.8 Å². The number of aliphatic hydroxyl groups excluding tert-OH is 1. The summed E-state index contributed by atoms with van der Waals surface area (Å²) < 4.78 is 29.8. The van der Waals surface area contributed by atoms with E-state index in [-0.39, 0.29) is 30.9 Å². The van der Waals surface area contributed by atoms with Crippen molar-refractivity contribution in [1.82, 2.24) is 9.97 Å². The molecule has 0 radical (unpaired) electrons. The summed E-state index contributed by atoms with van der Waals surface area (Å²) in [5.74, 6) is 0.254. The molecular formula is C24H33N5O6. The smallest absolute Gasteiger partial charge is 0.244 e. The monoisotopic (exact) mass is 487 g/mol. The van der Waals surface area contributed by atoms with Crippen LogP contribution in [-0.4, -0.2) is 65.5 Å². The molecule has 1 aromatic heterocycles. The molecular weight excluding hydrogens is 454 g/mol. The molecule has 6 N–H and O–H groups in total. The van der Waals surface area contributed by atoms with Crippen molar-refractivity contribution >= 4 is 17.5 Å². The predicted octanol–water partition coefficient (Wildman–Crippen LogP) is 2.00. The number of aromatic nitrogens is 2. The van der Waals surface area contributed by atoms with E-state index in [1.54, 1.807) is 6.08 Å². The van der Waals surface area contributed by atoms with Crippen molar-refractivity contribution in [3.63, 3.8) is 0 Å². The van der Waals surface area contributed by atoms with Gasteiger partial charge in [0.15, 0.2) is 18.4 Å². The van der Waals surface area contributed by atoms with Gasteiger partial charge < -0.3 is 45.6 Å². The van der Waals surface area contributed by atoms with E-state index in [9.17, 15) is 5.11 Å². The van der Waals surface area contributed by atoms with E-state index >= 15 is 0 Å². The second-order valence-corrected chi connectivity index (χ2v) is 8.35. The third-order valence-corrected chi connectivity index (χ3v) is 5.78. The van der Waals surface area contributed by atoms with Crippen LogP contribution in [0.5, 0.6) is 5.88 Å². The van der Waals surface area contributed by atoms with Crippen LogP contribution in [0.1, 0.15) is 31.6 Å². The SMILES string of the molecule is C=CCOC1OC2COC(c3ccccc3)OC2C(O)C1Nc1c(N)nc(N)nc1OCCCC. The van der Waals surface area contributed by atoms with Crippen molar-refractivity contribution in [2.75, 3.05) is 36.6 Å². The summed E-state index contributed by atoms with van der Waals surface area (Å²) in [7, 11) is 0. The number of fused-ring (bicyclic) bond motifs is 1. The molecule has 2 saturated heterocycles. The molecule has 0 spiro atoms. The molecule has 0 amide bonds. The maximum atomic E-state index is 11.4. The highest BCUT2D eigenvalue weighted by molar-refractivity contribution is 5.70. The van der Waals surface area contributed by atoms with Gasteiger partial charge in [-0.3, -0.25) is 0 Å². The summed E-state index contributed by atoms with van der Waals surface area (Å²) in [6.07, 6.45) is -0.450. The maximum Gasteiger partial charge on any atom is 0.244 e. The Labute approximate surface area is 204 Å². The Balaban J connectivity index is 1.59. The summed E-state index contributed by atoms with van der Waals surface area (Å²) in [6.45, 7) is 6.59. The van der Waals surface area contributed by atoms with Crippen LogP contribution in [0, 0.1) is 0 Å². The lowest BCUT2D eigenvalue weighted by Gasteiger charge is -2.48. The largest absolute Gasteiger partial charge is 0.476 e. The van der Waals surface area contributed by atoms with Gasteiger partial charge in [0.05, 0.1) is 19.8 Å². The molecule has 190 valence electrons. The zero-order chi connectivity index (χ0) is 24.8. The first-order chi connectivity index (χ1) is 17.0. The van der Waals surface area contributed by atoms with Crippen LogP contribution in [0.4, 0.5) is 17.5 Å². The fraction of sp³-hybridized carbons (Fsp3) is 0.500.